The molecule has 1 aliphatic rings. The predicted molar refractivity (Wildman–Crippen MR) is 124 cm³/mol. The highest BCUT2D eigenvalue weighted by atomic mass is 16.6. The van der Waals surface area contributed by atoms with Gasteiger partial charge >= 0.3 is 0 Å². The first-order valence-corrected chi connectivity index (χ1v) is 10.5. The van der Waals surface area contributed by atoms with Gasteiger partial charge in [-0.2, -0.15) is 0 Å². The number of oxime groups is 1. The molecule has 0 aromatic carbocycles. The fourth-order valence-corrected chi connectivity index (χ4v) is 4.25. The molecule has 0 aromatic rings. The molecule has 3 unspecified atom stereocenters. The second-order valence-corrected chi connectivity index (χ2v) is 9.75. The van der Waals surface area contributed by atoms with E-state index < -0.39 is 0 Å². The van der Waals surface area contributed by atoms with Gasteiger partial charge in [0, 0.05) is 25.1 Å². The summed E-state index contributed by atoms with van der Waals surface area (Å²) in [5.74, 6) is 0.732. The molecule has 0 aliphatic carbocycles. The lowest BCUT2D eigenvalue weighted by atomic mass is 9.73. The van der Waals surface area contributed by atoms with E-state index in [9.17, 15) is 0 Å². The third-order valence-electron chi connectivity index (χ3n) is 6.06. The van der Waals surface area contributed by atoms with E-state index in [1.165, 1.54) is 28.0 Å². The minimum atomic E-state index is 0.125. The van der Waals surface area contributed by atoms with Gasteiger partial charge in [0.15, 0.2) is 0 Å². The van der Waals surface area contributed by atoms with Crippen molar-refractivity contribution < 1.29 is 4.84 Å². The first-order chi connectivity index (χ1) is 12.8. The van der Waals surface area contributed by atoms with Crippen LogP contribution < -0.4 is 0 Å². The van der Waals surface area contributed by atoms with Crippen molar-refractivity contribution in [2.75, 3.05) is 7.05 Å². The van der Waals surface area contributed by atoms with Crippen LogP contribution in [-0.2, 0) is 4.84 Å². The molecular weight excluding hydrogens is 344 g/mol. The lowest BCUT2D eigenvalue weighted by Crippen LogP contribution is -2.33. The number of hydrogen-bond acceptors (Lipinski definition) is 3. The van der Waals surface area contributed by atoms with Gasteiger partial charge in [0.05, 0.1) is 5.71 Å². The highest BCUT2D eigenvalue weighted by Crippen LogP contribution is 2.39. The van der Waals surface area contributed by atoms with Gasteiger partial charge < -0.3 is 4.84 Å². The summed E-state index contributed by atoms with van der Waals surface area (Å²) in [5, 5.41) is 4.49. The minimum absolute atomic E-state index is 0.125. The molecule has 158 valence electrons. The summed E-state index contributed by atoms with van der Waals surface area (Å²) in [4.78, 5) is 10.1. The number of rotatable bonds is 7. The summed E-state index contributed by atoms with van der Waals surface area (Å²) in [6, 6.07) is 0. The maximum atomic E-state index is 5.70. The van der Waals surface area contributed by atoms with Crippen LogP contribution in [0.2, 0.25) is 0 Å². The summed E-state index contributed by atoms with van der Waals surface area (Å²) < 4.78 is 0. The van der Waals surface area contributed by atoms with E-state index >= 15 is 0 Å². The first-order valence-electron chi connectivity index (χ1n) is 10.5. The van der Waals surface area contributed by atoms with Crippen molar-refractivity contribution in [1.29, 1.82) is 0 Å². The van der Waals surface area contributed by atoms with Crippen molar-refractivity contribution in [3.8, 4) is 0 Å². The van der Waals surface area contributed by atoms with E-state index in [0.717, 1.165) is 24.1 Å². The largest absolute Gasteiger partial charge is 0.392 e. The van der Waals surface area contributed by atoms with Gasteiger partial charge in [0.2, 0.25) is 0 Å². The van der Waals surface area contributed by atoms with Gasteiger partial charge in [-0.3, -0.25) is 4.99 Å². The van der Waals surface area contributed by atoms with Gasteiger partial charge in [-0.1, -0.05) is 50.6 Å². The van der Waals surface area contributed by atoms with Crippen molar-refractivity contribution in [3.05, 3.63) is 34.4 Å². The molecule has 1 rings (SSSR count). The van der Waals surface area contributed by atoms with Gasteiger partial charge in [-0.25, -0.2) is 0 Å². The van der Waals surface area contributed by atoms with Crippen molar-refractivity contribution >= 4 is 11.4 Å². The molecule has 0 saturated carbocycles. The van der Waals surface area contributed by atoms with Crippen LogP contribution in [-0.4, -0.2) is 24.6 Å². The van der Waals surface area contributed by atoms with E-state index in [-0.39, 0.29) is 11.5 Å². The van der Waals surface area contributed by atoms with Crippen molar-refractivity contribution in [2.24, 2.45) is 27.4 Å². The summed E-state index contributed by atoms with van der Waals surface area (Å²) in [6.45, 7) is 26.3. The standard InChI is InChI=1S/C25H42N2O/c1-15(2)21(13-17(5)19(7)26-12)18(6)22(16(3)4)14-23-24(25(9,10)11)20(8)28-27-23/h17,20,24H,1,13-14H2,2-12H3/b21-18-,26-19?. The summed E-state index contributed by atoms with van der Waals surface area (Å²) in [5.41, 5.74) is 8.97. The number of aliphatic imine (C=N–C) groups is 1. The smallest absolute Gasteiger partial charge is 0.133 e. The Morgan fingerprint density at radius 2 is 1.71 bits per heavy atom. The van der Waals surface area contributed by atoms with E-state index in [4.69, 9.17) is 4.84 Å². The summed E-state index contributed by atoms with van der Waals surface area (Å²) in [7, 11) is 1.87. The van der Waals surface area contributed by atoms with Crippen LogP contribution in [0.3, 0.4) is 0 Å². The monoisotopic (exact) mass is 386 g/mol. The second kappa shape index (κ2) is 9.71. The normalized spacial score (nSPS) is 22.2. The first kappa shape index (κ1) is 24.4. The average molecular weight is 387 g/mol. The minimum Gasteiger partial charge on any atom is -0.392 e. The molecule has 0 saturated heterocycles. The molecule has 0 bridgehead atoms. The van der Waals surface area contributed by atoms with Crippen LogP contribution in [0.25, 0.3) is 0 Å². The Morgan fingerprint density at radius 1 is 1.14 bits per heavy atom. The van der Waals surface area contributed by atoms with E-state index in [2.05, 4.69) is 86.0 Å². The molecule has 3 nitrogen and oxygen atoms in total. The Balaban J connectivity index is 3.31. The highest BCUT2D eigenvalue weighted by Gasteiger charge is 2.40. The molecule has 28 heavy (non-hydrogen) atoms. The van der Waals surface area contributed by atoms with Crippen LogP contribution in [0, 0.1) is 17.3 Å². The highest BCUT2D eigenvalue weighted by molar-refractivity contribution is 5.91. The molecule has 1 heterocycles. The zero-order valence-corrected chi connectivity index (χ0v) is 20.2. The molecule has 1 aliphatic heterocycles. The van der Waals surface area contributed by atoms with Gasteiger partial charge in [-0.05, 0) is 76.0 Å². The zero-order chi connectivity index (χ0) is 21.8. The van der Waals surface area contributed by atoms with Gasteiger partial charge in [0.25, 0.3) is 0 Å². The third-order valence-corrected chi connectivity index (χ3v) is 6.06. The van der Waals surface area contributed by atoms with Crippen molar-refractivity contribution in [3.63, 3.8) is 0 Å². The molecule has 3 heteroatoms. The van der Waals surface area contributed by atoms with Crippen molar-refractivity contribution in [2.45, 2.75) is 88.2 Å². The summed E-state index contributed by atoms with van der Waals surface area (Å²) in [6.07, 6.45) is 1.93. The quantitative estimate of drug-likeness (QED) is 0.337. The van der Waals surface area contributed by atoms with Crippen molar-refractivity contribution in [1.82, 2.24) is 0 Å². The molecule has 0 fully saturated rings. The molecule has 0 spiro atoms. The molecule has 0 aromatic heterocycles. The lowest BCUT2D eigenvalue weighted by molar-refractivity contribution is 0.0471. The number of nitrogens with zero attached hydrogens (tertiary/aromatic N) is 2. The Hall–Kier alpha value is -1.64. The molecule has 0 amide bonds. The van der Waals surface area contributed by atoms with Crippen LogP contribution in [0.15, 0.2) is 44.6 Å². The predicted octanol–water partition coefficient (Wildman–Crippen LogP) is 7.16. The Kier molecular flexibility index (Phi) is 8.46. The molecule has 3 atom stereocenters. The molecule has 0 N–H and O–H groups in total. The van der Waals surface area contributed by atoms with Gasteiger partial charge in [-0.15, -0.1) is 0 Å². The second-order valence-electron chi connectivity index (χ2n) is 9.75. The fraction of sp³-hybridized carbons (Fsp3) is 0.680. The van der Waals surface area contributed by atoms with Crippen LogP contribution >= 0.6 is 0 Å². The Morgan fingerprint density at radius 3 is 2.14 bits per heavy atom. The Labute approximate surface area is 173 Å². The van der Waals surface area contributed by atoms with Crippen LogP contribution in [0.1, 0.15) is 82.1 Å². The maximum Gasteiger partial charge on any atom is 0.133 e. The summed E-state index contributed by atoms with van der Waals surface area (Å²) >= 11 is 0. The zero-order valence-electron chi connectivity index (χ0n) is 20.2. The van der Waals surface area contributed by atoms with E-state index in [1.54, 1.807) is 0 Å². The third kappa shape index (κ3) is 5.93. The van der Waals surface area contributed by atoms with E-state index in [1.807, 2.05) is 7.05 Å². The molecule has 0 radical (unpaired) electrons. The number of hydrogen-bond donors (Lipinski definition) is 0. The number of allylic oxidation sites excluding steroid dienone is 5. The molecular formula is C25H42N2O. The maximum absolute atomic E-state index is 5.70. The topological polar surface area (TPSA) is 34.0 Å². The van der Waals surface area contributed by atoms with Gasteiger partial charge in [0.1, 0.15) is 6.10 Å². The van der Waals surface area contributed by atoms with Crippen LogP contribution in [0.5, 0.6) is 0 Å². The fourth-order valence-electron chi connectivity index (χ4n) is 4.25. The van der Waals surface area contributed by atoms with Crippen LogP contribution in [0.4, 0.5) is 0 Å². The van der Waals surface area contributed by atoms with E-state index in [0.29, 0.717) is 11.8 Å². The Bertz CT molecular complexity index is 709. The SMILES string of the molecule is C=C(C)/C(CC(C)C(C)=NC)=C(/C)C(CC1=NOC(C)C1C(C)(C)C)=C(C)C. The average Bonchev–Trinajstić information content (AvgIpc) is 2.95. The lowest BCUT2D eigenvalue weighted by Gasteiger charge is -2.30.